The molecule has 0 saturated carbocycles. The first-order chi connectivity index (χ1) is 13.3. The predicted octanol–water partition coefficient (Wildman–Crippen LogP) is 3.39. The van der Waals surface area contributed by atoms with Crippen LogP contribution in [-0.4, -0.2) is 49.5 Å². The summed E-state index contributed by atoms with van der Waals surface area (Å²) >= 11 is 1.21. The van der Waals surface area contributed by atoms with E-state index in [1.165, 1.54) is 26.8 Å². The van der Waals surface area contributed by atoms with E-state index in [9.17, 15) is 8.42 Å². The van der Waals surface area contributed by atoms with Crippen LogP contribution >= 0.6 is 11.3 Å². The quantitative estimate of drug-likeness (QED) is 0.637. The molecule has 0 fully saturated rings. The third-order valence-corrected chi connectivity index (χ3v) is 8.59. The average molecular weight is 418 g/mol. The van der Waals surface area contributed by atoms with Gasteiger partial charge in [0.25, 0.3) is 10.0 Å². The van der Waals surface area contributed by atoms with Gasteiger partial charge < -0.3 is 4.52 Å². The second-order valence-corrected chi connectivity index (χ2v) is 10.6. The van der Waals surface area contributed by atoms with Crippen LogP contribution in [0.25, 0.3) is 10.6 Å². The van der Waals surface area contributed by atoms with Crippen molar-refractivity contribution in [3.05, 3.63) is 59.3 Å². The Labute approximate surface area is 169 Å². The number of nitrogens with zero attached hydrogens (tertiary/aromatic N) is 3. The van der Waals surface area contributed by atoms with Crippen LogP contribution in [0.3, 0.4) is 0 Å². The molecule has 0 amide bonds. The maximum absolute atomic E-state index is 13.1. The largest absolute Gasteiger partial charge is 0.355 e. The smallest absolute Gasteiger partial charge is 0.252 e. The summed E-state index contributed by atoms with van der Waals surface area (Å²) < 4.78 is 33.2. The lowest BCUT2D eigenvalue weighted by atomic mass is 9.94. The summed E-state index contributed by atoms with van der Waals surface area (Å²) in [6, 6.07) is 13.7. The fourth-order valence-electron chi connectivity index (χ4n) is 3.54. The van der Waals surface area contributed by atoms with E-state index in [1.807, 2.05) is 19.1 Å². The monoisotopic (exact) mass is 417 g/mol. The minimum absolute atomic E-state index is 0.144. The molecule has 3 aromatic rings. The fourth-order valence-corrected chi connectivity index (χ4v) is 6.22. The van der Waals surface area contributed by atoms with Crippen LogP contribution in [0.2, 0.25) is 0 Å². The van der Waals surface area contributed by atoms with Gasteiger partial charge in [-0.15, -0.1) is 11.3 Å². The molecule has 148 valence electrons. The van der Waals surface area contributed by atoms with Crippen molar-refractivity contribution < 1.29 is 12.9 Å². The van der Waals surface area contributed by atoms with Crippen molar-refractivity contribution in [1.82, 2.24) is 14.4 Å². The standard InChI is InChI=1S/C20H23N3O3S2/c1-14-10-18(26-21-14)19-8-9-20(27-19)28(24,25)23(3)13-17-11-15-6-4-5-7-16(15)12-22(17)2/h4-10,17H,11-13H2,1-3H3. The Morgan fingerprint density at radius 2 is 2.00 bits per heavy atom. The molecular formula is C20H23N3O3S2. The Hall–Kier alpha value is -2.00. The normalized spacial score (nSPS) is 17.8. The van der Waals surface area contributed by atoms with Gasteiger partial charge in [-0.2, -0.15) is 4.31 Å². The number of benzene rings is 1. The zero-order chi connectivity index (χ0) is 19.9. The summed E-state index contributed by atoms with van der Waals surface area (Å²) in [4.78, 5) is 2.99. The van der Waals surface area contributed by atoms with Crippen molar-refractivity contribution >= 4 is 21.4 Å². The minimum Gasteiger partial charge on any atom is -0.355 e. The Morgan fingerprint density at radius 1 is 1.25 bits per heavy atom. The van der Waals surface area contributed by atoms with E-state index in [2.05, 4.69) is 29.2 Å². The van der Waals surface area contributed by atoms with Crippen LogP contribution in [-0.2, 0) is 23.0 Å². The van der Waals surface area contributed by atoms with E-state index in [0.717, 1.165) is 23.5 Å². The van der Waals surface area contributed by atoms with E-state index in [1.54, 1.807) is 25.2 Å². The lowest BCUT2D eigenvalue weighted by Gasteiger charge is -2.36. The zero-order valence-electron chi connectivity index (χ0n) is 16.1. The van der Waals surface area contributed by atoms with Gasteiger partial charge in [0.15, 0.2) is 5.76 Å². The van der Waals surface area contributed by atoms with E-state index in [4.69, 9.17) is 4.52 Å². The van der Waals surface area contributed by atoms with E-state index >= 15 is 0 Å². The highest BCUT2D eigenvalue weighted by Crippen LogP contribution is 2.33. The number of hydrogen-bond acceptors (Lipinski definition) is 6. The number of aromatic nitrogens is 1. The van der Waals surface area contributed by atoms with Gasteiger partial charge in [0.05, 0.1) is 10.6 Å². The Kier molecular flexibility index (Phi) is 5.13. The topological polar surface area (TPSA) is 66.7 Å². The second-order valence-electron chi connectivity index (χ2n) is 7.28. The minimum atomic E-state index is -3.56. The van der Waals surface area contributed by atoms with Crippen molar-refractivity contribution in [2.24, 2.45) is 0 Å². The van der Waals surface area contributed by atoms with Crippen LogP contribution in [0.15, 0.2) is 51.2 Å². The number of thiophene rings is 1. The highest BCUT2D eigenvalue weighted by Gasteiger charge is 2.30. The molecule has 1 unspecified atom stereocenters. The molecule has 4 rings (SSSR count). The molecule has 0 saturated heterocycles. The van der Waals surface area contributed by atoms with Crippen LogP contribution in [0.4, 0.5) is 0 Å². The molecule has 0 aliphatic carbocycles. The van der Waals surface area contributed by atoms with Crippen LogP contribution in [0, 0.1) is 6.92 Å². The number of fused-ring (bicyclic) bond motifs is 1. The fraction of sp³-hybridized carbons (Fsp3) is 0.350. The van der Waals surface area contributed by atoms with Gasteiger partial charge in [-0.1, -0.05) is 29.4 Å². The average Bonchev–Trinajstić information content (AvgIpc) is 3.31. The van der Waals surface area contributed by atoms with Gasteiger partial charge in [-0.05, 0) is 43.7 Å². The van der Waals surface area contributed by atoms with Crippen molar-refractivity contribution in [2.45, 2.75) is 30.1 Å². The summed E-state index contributed by atoms with van der Waals surface area (Å²) in [7, 11) is 0.150. The third kappa shape index (κ3) is 3.65. The van der Waals surface area contributed by atoms with Gasteiger partial charge in [0, 0.05) is 32.2 Å². The Bertz CT molecular complexity index is 1090. The van der Waals surface area contributed by atoms with E-state index < -0.39 is 10.0 Å². The number of rotatable bonds is 5. The summed E-state index contributed by atoms with van der Waals surface area (Å²) in [5.41, 5.74) is 3.39. The molecule has 3 heterocycles. The molecule has 0 bridgehead atoms. The summed E-state index contributed by atoms with van der Waals surface area (Å²) in [5.74, 6) is 0.593. The lowest BCUT2D eigenvalue weighted by molar-refractivity contribution is 0.191. The second kappa shape index (κ2) is 7.44. The van der Waals surface area contributed by atoms with Crippen LogP contribution in [0.5, 0.6) is 0 Å². The molecule has 1 atom stereocenters. The summed E-state index contributed by atoms with van der Waals surface area (Å²) in [5, 5.41) is 3.87. The summed E-state index contributed by atoms with van der Waals surface area (Å²) in [6.07, 6.45) is 0.847. The first-order valence-electron chi connectivity index (χ1n) is 9.11. The van der Waals surface area contributed by atoms with Crippen molar-refractivity contribution in [3.63, 3.8) is 0 Å². The predicted molar refractivity (Wildman–Crippen MR) is 110 cm³/mol. The SMILES string of the molecule is Cc1cc(-c2ccc(S(=O)(=O)N(C)CC3Cc4ccccc4CN3C)s2)on1. The third-order valence-electron chi connectivity index (χ3n) is 5.20. The first-order valence-corrected chi connectivity index (χ1v) is 11.4. The highest BCUT2D eigenvalue weighted by atomic mass is 32.2. The molecule has 0 N–H and O–H groups in total. The van der Waals surface area contributed by atoms with Crippen LogP contribution in [0.1, 0.15) is 16.8 Å². The zero-order valence-corrected chi connectivity index (χ0v) is 17.8. The molecule has 8 heteroatoms. The highest BCUT2D eigenvalue weighted by molar-refractivity contribution is 7.91. The van der Waals surface area contributed by atoms with Gasteiger partial charge in [-0.3, -0.25) is 4.90 Å². The molecule has 0 spiro atoms. The molecule has 28 heavy (non-hydrogen) atoms. The molecule has 0 radical (unpaired) electrons. The Morgan fingerprint density at radius 3 is 2.71 bits per heavy atom. The Balaban J connectivity index is 1.51. The van der Waals surface area contributed by atoms with E-state index in [-0.39, 0.29) is 6.04 Å². The number of likely N-dealkylation sites (N-methyl/N-ethyl adjacent to an activating group) is 2. The van der Waals surface area contributed by atoms with E-state index in [0.29, 0.717) is 16.5 Å². The maximum atomic E-state index is 13.1. The van der Waals surface area contributed by atoms with Crippen molar-refractivity contribution in [2.75, 3.05) is 20.6 Å². The van der Waals surface area contributed by atoms with Crippen molar-refractivity contribution in [3.8, 4) is 10.6 Å². The maximum Gasteiger partial charge on any atom is 0.252 e. The van der Waals surface area contributed by atoms with Gasteiger partial charge in [-0.25, -0.2) is 8.42 Å². The number of aryl methyl sites for hydroxylation is 1. The molecule has 6 nitrogen and oxygen atoms in total. The van der Waals surface area contributed by atoms with Gasteiger partial charge in [0.1, 0.15) is 4.21 Å². The van der Waals surface area contributed by atoms with Gasteiger partial charge >= 0.3 is 0 Å². The van der Waals surface area contributed by atoms with Gasteiger partial charge in [0.2, 0.25) is 0 Å². The summed E-state index contributed by atoms with van der Waals surface area (Å²) in [6.45, 7) is 3.12. The number of hydrogen-bond donors (Lipinski definition) is 0. The molecule has 1 aliphatic rings. The van der Waals surface area contributed by atoms with Crippen LogP contribution < -0.4 is 0 Å². The molecule has 2 aromatic heterocycles. The molecule has 1 aromatic carbocycles. The number of sulfonamides is 1. The lowest BCUT2D eigenvalue weighted by Crippen LogP contribution is -2.46. The molecular weight excluding hydrogens is 394 g/mol. The first kappa shape index (κ1) is 19.3. The molecule has 1 aliphatic heterocycles. The van der Waals surface area contributed by atoms with Crippen molar-refractivity contribution in [1.29, 1.82) is 0 Å².